The number of halogens is 1. The summed E-state index contributed by atoms with van der Waals surface area (Å²) in [5, 5.41) is 0. The van der Waals surface area contributed by atoms with Gasteiger partial charge in [-0.1, -0.05) is 24.3 Å². The molecular formula is C24H25FN2O5. The molecule has 2 atom stereocenters. The summed E-state index contributed by atoms with van der Waals surface area (Å²) in [6.07, 6.45) is 6.02. The van der Waals surface area contributed by atoms with Crippen LogP contribution in [0.5, 0.6) is 11.6 Å². The van der Waals surface area contributed by atoms with E-state index in [9.17, 15) is 9.18 Å². The Morgan fingerprint density at radius 2 is 2.09 bits per heavy atom. The molecule has 32 heavy (non-hydrogen) atoms. The molecule has 1 amide bonds. The number of fused-ring (bicyclic) bond motifs is 1. The lowest BCUT2D eigenvalue weighted by Gasteiger charge is -2.41. The van der Waals surface area contributed by atoms with Crippen LogP contribution in [-0.4, -0.2) is 55.0 Å². The van der Waals surface area contributed by atoms with Crippen LogP contribution in [0, 0.1) is 5.82 Å². The number of nitrogens with zero attached hydrogens (tertiary/aromatic N) is 2. The van der Waals surface area contributed by atoms with Gasteiger partial charge < -0.3 is 23.8 Å². The van der Waals surface area contributed by atoms with Gasteiger partial charge in [-0.15, -0.1) is 0 Å². The van der Waals surface area contributed by atoms with Crippen LogP contribution in [0.1, 0.15) is 35.3 Å². The predicted molar refractivity (Wildman–Crippen MR) is 113 cm³/mol. The predicted octanol–water partition coefficient (Wildman–Crippen LogP) is 3.44. The van der Waals surface area contributed by atoms with E-state index >= 15 is 0 Å². The fourth-order valence-electron chi connectivity index (χ4n) is 4.64. The van der Waals surface area contributed by atoms with Crippen LogP contribution in [0.25, 0.3) is 0 Å². The van der Waals surface area contributed by atoms with Crippen LogP contribution < -0.4 is 9.47 Å². The summed E-state index contributed by atoms with van der Waals surface area (Å²) in [4.78, 5) is 19.3. The van der Waals surface area contributed by atoms with E-state index in [-0.39, 0.29) is 42.3 Å². The molecule has 7 nitrogen and oxygen atoms in total. The molecule has 0 bridgehead atoms. The SMILES string of the molecule is COc1nc(C(=O)N2CC[C@]3(c4cccc(F)c4)OCO[C@@H]3C2)ccc1OC1CC=CC1. The number of carbonyl (C=O) groups excluding carboxylic acids is 1. The van der Waals surface area contributed by atoms with E-state index in [0.29, 0.717) is 25.3 Å². The van der Waals surface area contributed by atoms with Crippen molar-refractivity contribution in [2.45, 2.75) is 37.1 Å². The molecule has 3 aliphatic rings. The molecule has 1 aromatic heterocycles. The minimum Gasteiger partial charge on any atom is -0.484 e. The lowest BCUT2D eigenvalue weighted by molar-refractivity contribution is -0.0441. The molecule has 0 spiro atoms. The second-order valence-corrected chi connectivity index (χ2v) is 8.21. The summed E-state index contributed by atoms with van der Waals surface area (Å²) in [6, 6.07) is 9.77. The van der Waals surface area contributed by atoms with Crippen molar-refractivity contribution in [3.8, 4) is 11.6 Å². The summed E-state index contributed by atoms with van der Waals surface area (Å²) in [5.41, 5.74) is 0.252. The minimum atomic E-state index is -0.753. The largest absolute Gasteiger partial charge is 0.484 e. The number of pyridine rings is 1. The third-order valence-electron chi connectivity index (χ3n) is 6.34. The first kappa shape index (κ1) is 20.9. The Labute approximate surface area is 185 Å². The molecular weight excluding hydrogens is 415 g/mol. The Balaban J connectivity index is 1.32. The van der Waals surface area contributed by atoms with Crippen molar-refractivity contribution in [2.24, 2.45) is 0 Å². The van der Waals surface area contributed by atoms with E-state index in [1.807, 2.05) is 6.07 Å². The Morgan fingerprint density at radius 3 is 2.88 bits per heavy atom. The highest BCUT2D eigenvalue weighted by atomic mass is 19.1. The van der Waals surface area contributed by atoms with Crippen molar-refractivity contribution in [2.75, 3.05) is 27.0 Å². The van der Waals surface area contributed by atoms with Gasteiger partial charge in [0.05, 0.1) is 13.7 Å². The van der Waals surface area contributed by atoms with Crippen LogP contribution in [-0.2, 0) is 15.1 Å². The molecule has 8 heteroatoms. The van der Waals surface area contributed by atoms with E-state index in [1.165, 1.54) is 19.2 Å². The number of likely N-dealkylation sites (tertiary alicyclic amines) is 1. The van der Waals surface area contributed by atoms with Gasteiger partial charge in [-0.2, -0.15) is 0 Å². The van der Waals surface area contributed by atoms with Gasteiger partial charge in [0, 0.05) is 25.8 Å². The topological polar surface area (TPSA) is 70.1 Å². The lowest BCUT2D eigenvalue weighted by Crippen LogP contribution is -2.53. The smallest absolute Gasteiger partial charge is 0.272 e. The van der Waals surface area contributed by atoms with E-state index in [4.69, 9.17) is 18.9 Å². The van der Waals surface area contributed by atoms with Crippen LogP contribution in [0.4, 0.5) is 4.39 Å². The Hall–Kier alpha value is -2.97. The zero-order chi connectivity index (χ0) is 22.1. The van der Waals surface area contributed by atoms with E-state index in [1.54, 1.807) is 23.1 Å². The monoisotopic (exact) mass is 440 g/mol. The maximum atomic E-state index is 13.8. The average Bonchev–Trinajstić information content (AvgIpc) is 3.48. The molecule has 168 valence electrons. The van der Waals surface area contributed by atoms with Crippen molar-refractivity contribution < 1.29 is 28.1 Å². The molecule has 5 rings (SSSR count). The van der Waals surface area contributed by atoms with Crippen molar-refractivity contribution in [3.05, 3.63) is 65.6 Å². The van der Waals surface area contributed by atoms with Gasteiger partial charge >= 0.3 is 0 Å². The first-order valence-corrected chi connectivity index (χ1v) is 10.8. The molecule has 2 fully saturated rings. The number of amides is 1. The molecule has 0 N–H and O–H groups in total. The lowest BCUT2D eigenvalue weighted by atomic mass is 9.82. The Kier molecular flexibility index (Phi) is 5.57. The third-order valence-corrected chi connectivity index (χ3v) is 6.34. The first-order chi connectivity index (χ1) is 15.6. The fourth-order valence-corrected chi connectivity index (χ4v) is 4.64. The quantitative estimate of drug-likeness (QED) is 0.664. The normalized spacial score (nSPS) is 25.1. The number of methoxy groups -OCH3 is 1. The number of benzene rings is 1. The molecule has 2 aromatic rings. The summed E-state index contributed by atoms with van der Waals surface area (Å²) in [5.74, 6) is 0.265. The summed E-state index contributed by atoms with van der Waals surface area (Å²) in [6.45, 7) is 0.869. The molecule has 0 unspecified atom stereocenters. The Bertz CT molecular complexity index is 1040. The highest BCUT2D eigenvalue weighted by molar-refractivity contribution is 5.92. The highest BCUT2D eigenvalue weighted by Crippen LogP contribution is 2.43. The summed E-state index contributed by atoms with van der Waals surface area (Å²) in [7, 11) is 1.51. The van der Waals surface area contributed by atoms with Crippen molar-refractivity contribution >= 4 is 5.91 Å². The highest BCUT2D eigenvalue weighted by Gasteiger charge is 2.51. The number of aromatic nitrogens is 1. The number of ether oxygens (including phenoxy) is 4. The first-order valence-electron chi connectivity index (χ1n) is 10.8. The number of hydrogen-bond donors (Lipinski definition) is 0. The molecule has 1 aliphatic carbocycles. The van der Waals surface area contributed by atoms with Gasteiger partial charge in [0.15, 0.2) is 5.75 Å². The second-order valence-electron chi connectivity index (χ2n) is 8.21. The standard InChI is InChI=1S/C24H25FN2O5/c1-29-22-20(32-18-7-2-3-8-18)10-9-19(26-22)23(28)27-12-11-24(21(14-27)30-15-31-24)16-5-4-6-17(25)13-16/h2-6,9-10,13,18,21H,7-8,11-12,14-15H2,1H3/t21-,24-/m1/s1. The third kappa shape index (κ3) is 3.73. The number of rotatable bonds is 5. The number of hydrogen-bond acceptors (Lipinski definition) is 6. The molecule has 0 saturated carbocycles. The van der Waals surface area contributed by atoms with E-state index < -0.39 is 5.60 Å². The number of piperidine rings is 1. The van der Waals surface area contributed by atoms with Gasteiger partial charge in [0.2, 0.25) is 0 Å². The van der Waals surface area contributed by atoms with E-state index in [2.05, 4.69) is 17.1 Å². The van der Waals surface area contributed by atoms with Crippen molar-refractivity contribution in [3.63, 3.8) is 0 Å². The van der Waals surface area contributed by atoms with Gasteiger partial charge in [0.25, 0.3) is 11.8 Å². The summed E-state index contributed by atoms with van der Waals surface area (Å²) >= 11 is 0. The fraction of sp³-hybridized carbons (Fsp3) is 0.417. The minimum absolute atomic E-state index is 0.0600. The van der Waals surface area contributed by atoms with Gasteiger partial charge in [-0.25, -0.2) is 9.37 Å². The van der Waals surface area contributed by atoms with Crippen LogP contribution in [0.3, 0.4) is 0 Å². The molecule has 1 aromatic carbocycles. The molecule has 2 aliphatic heterocycles. The van der Waals surface area contributed by atoms with Gasteiger partial charge in [-0.3, -0.25) is 4.79 Å². The van der Waals surface area contributed by atoms with E-state index in [0.717, 1.165) is 18.4 Å². The second kappa shape index (κ2) is 8.52. The molecule has 2 saturated heterocycles. The number of carbonyl (C=O) groups is 1. The summed E-state index contributed by atoms with van der Waals surface area (Å²) < 4.78 is 36.9. The van der Waals surface area contributed by atoms with Crippen LogP contribution in [0.2, 0.25) is 0 Å². The Morgan fingerprint density at radius 1 is 1.25 bits per heavy atom. The van der Waals surface area contributed by atoms with Gasteiger partial charge in [0.1, 0.15) is 36.1 Å². The molecule has 3 heterocycles. The van der Waals surface area contributed by atoms with Crippen LogP contribution >= 0.6 is 0 Å². The van der Waals surface area contributed by atoms with Crippen molar-refractivity contribution in [1.29, 1.82) is 0 Å². The van der Waals surface area contributed by atoms with Crippen LogP contribution in [0.15, 0.2) is 48.6 Å². The maximum absolute atomic E-state index is 13.8. The average molecular weight is 440 g/mol. The maximum Gasteiger partial charge on any atom is 0.272 e. The zero-order valence-electron chi connectivity index (χ0n) is 17.8. The zero-order valence-corrected chi connectivity index (χ0v) is 17.8. The van der Waals surface area contributed by atoms with Gasteiger partial charge in [-0.05, 0) is 29.8 Å². The van der Waals surface area contributed by atoms with Crippen molar-refractivity contribution in [1.82, 2.24) is 9.88 Å². The molecule has 0 radical (unpaired) electrons.